The molecule has 0 aliphatic rings. The average molecular weight is 240 g/mol. The lowest BCUT2D eigenvalue weighted by Crippen LogP contribution is -2.45. The molecule has 0 amide bonds. The molecule has 0 saturated carbocycles. The van der Waals surface area contributed by atoms with Crippen molar-refractivity contribution in [2.24, 2.45) is 0 Å². The largest absolute Gasteiger partial charge is 0.505 e. The molecule has 0 spiro atoms. The van der Waals surface area contributed by atoms with Gasteiger partial charge in [0.1, 0.15) is 0 Å². The van der Waals surface area contributed by atoms with Gasteiger partial charge in [-0.25, -0.2) is 0 Å². The van der Waals surface area contributed by atoms with E-state index in [-0.39, 0.29) is 0 Å². The zero-order valence-electron chi connectivity index (χ0n) is 9.69. The third-order valence-electron chi connectivity index (χ3n) is 1.66. The first-order chi connectivity index (χ1) is 7.74. The Hall–Kier alpha value is -0.943. The molecule has 0 bridgehead atoms. The minimum atomic E-state index is -2.69. The summed E-state index contributed by atoms with van der Waals surface area (Å²) in [7, 11) is -2.69. The summed E-state index contributed by atoms with van der Waals surface area (Å²) >= 11 is 0. The van der Waals surface area contributed by atoms with Gasteiger partial charge in [-0.2, -0.15) is 0 Å². The van der Waals surface area contributed by atoms with Crippen LogP contribution in [0.3, 0.4) is 0 Å². The van der Waals surface area contributed by atoms with Crippen molar-refractivity contribution in [3.05, 3.63) is 50.6 Å². The highest BCUT2D eigenvalue weighted by molar-refractivity contribution is 6.61. The lowest BCUT2D eigenvalue weighted by atomic mass is 10.7. The van der Waals surface area contributed by atoms with Gasteiger partial charge in [-0.3, -0.25) is 0 Å². The van der Waals surface area contributed by atoms with E-state index >= 15 is 0 Å². The van der Waals surface area contributed by atoms with E-state index in [9.17, 15) is 0 Å². The van der Waals surface area contributed by atoms with Crippen LogP contribution in [-0.2, 0) is 13.3 Å². The molecule has 0 rings (SSSR count). The summed E-state index contributed by atoms with van der Waals surface area (Å²) in [6, 6.07) is 0.558. The standard InChI is InChI=1S/C12H20O3Si/c1-5-9-13-16(12-8-4,14-10-6-2)15-11-7-3/h5-8H,1-4,9-12H2. The van der Waals surface area contributed by atoms with Crippen LogP contribution in [0.15, 0.2) is 50.6 Å². The maximum Gasteiger partial charge on any atom is 0.505 e. The van der Waals surface area contributed by atoms with Crippen molar-refractivity contribution < 1.29 is 13.3 Å². The number of allylic oxidation sites excluding steroid dienone is 1. The van der Waals surface area contributed by atoms with E-state index < -0.39 is 8.80 Å². The molecule has 4 heteroatoms. The Morgan fingerprint density at radius 2 is 1.06 bits per heavy atom. The third kappa shape index (κ3) is 5.82. The van der Waals surface area contributed by atoms with Crippen LogP contribution < -0.4 is 0 Å². The van der Waals surface area contributed by atoms with Gasteiger partial charge in [0.05, 0.1) is 19.8 Å². The van der Waals surface area contributed by atoms with E-state index in [1.165, 1.54) is 0 Å². The van der Waals surface area contributed by atoms with Crippen LogP contribution in [0.25, 0.3) is 0 Å². The zero-order valence-corrected chi connectivity index (χ0v) is 10.7. The smallest absolute Gasteiger partial charge is 0.369 e. The number of hydrogen-bond donors (Lipinski definition) is 0. The van der Waals surface area contributed by atoms with Crippen LogP contribution in [0.2, 0.25) is 6.04 Å². The summed E-state index contributed by atoms with van der Waals surface area (Å²) in [6.45, 7) is 15.7. The first kappa shape index (κ1) is 15.1. The maximum atomic E-state index is 5.63. The summed E-state index contributed by atoms with van der Waals surface area (Å²) in [4.78, 5) is 0. The normalized spacial score (nSPS) is 10.8. The van der Waals surface area contributed by atoms with Crippen molar-refractivity contribution in [1.29, 1.82) is 0 Å². The van der Waals surface area contributed by atoms with Crippen LogP contribution in [0.1, 0.15) is 0 Å². The Morgan fingerprint density at radius 3 is 1.31 bits per heavy atom. The van der Waals surface area contributed by atoms with Gasteiger partial charge >= 0.3 is 8.80 Å². The van der Waals surface area contributed by atoms with Crippen molar-refractivity contribution in [3.63, 3.8) is 0 Å². The van der Waals surface area contributed by atoms with Gasteiger partial charge in [0, 0.05) is 6.04 Å². The van der Waals surface area contributed by atoms with Crippen LogP contribution in [0, 0.1) is 0 Å². The molecular formula is C12H20O3Si. The second-order valence-electron chi connectivity index (χ2n) is 2.97. The van der Waals surface area contributed by atoms with Gasteiger partial charge in [0.15, 0.2) is 0 Å². The van der Waals surface area contributed by atoms with Gasteiger partial charge in [0.2, 0.25) is 0 Å². The SMILES string of the molecule is C=CCO[Si](CC=C)(OCC=C)OCC=C. The summed E-state index contributed by atoms with van der Waals surface area (Å²) in [5.41, 5.74) is 0. The van der Waals surface area contributed by atoms with Crippen molar-refractivity contribution in [2.75, 3.05) is 19.8 Å². The van der Waals surface area contributed by atoms with E-state index in [2.05, 4.69) is 26.3 Å². The Bertz CT molecular complexity index is 207. The highest BCUT2D eigenvalue weighted by atomic mass is 28.4. The predicted molar refractivity (Wildman–Crippen MR) is 69.2 cm³/mol. The fraction of sp³-hybridized carbons (Fsp3) is 0.333. The van der Waals surface area contributed by atoms with Gasteiger partial charge in [-0.15, -0.1) is 26.3 Å². The van der Waals surface area contributed by atoms with Crippen molar-refractivity contribution >= 4 is 8.80 Å². The molecule has 0 aromatic carbocycles. The van der Waals surface area contributed by atoms with E-state index in [1.807, 2.05) is 0 Å². The van der Waals surface area contributed by atoms with Gasteiger partial charge in [-0.05, 0) is 0 Å². The quantitative estimate of drug-likeness (QED) is 0.410. The van der Waals surface area contributed by atoms with Gasteiger partial charge < -0.3 is 13.3 Å². The highest BCUT2D eigenvalue weighted by Gasteiger charge is 2.39. The first-order valence-electron chi connectivity index (χ1n) is 5.10. The Balaban J connectivity index is 4.54. The van der Waals surface area contributed by atoms with Crippen LogP contribution in [0.4, 0.5) is 0 Å². The van der Waals surface area contributed by atoms with Crippen LogP contribution >= 0.6 is 0 Å². The lowest BCUT2D eigenvalue weighted by Gasteiger charge is -2.27. The zero-order chi connectivity index (χ0) is 12.3. The first-order valence-corrected chi connectivity index (χ1v) is 7.03. The Morgan fingerprint density at radius 1 is 0.688 bits per heavy atom. The third-order valence-corrected chi connectivity index (χ3v) is 4.27. The maximum absolute atomic E-state index is 5.63. The van der Waals surface area contributed by atoms with Crippen LogP contribution in [0.5, 0.6) is 0 Å². The number of hydrogen-bond acceptors (Lipinski definition) is 3. The second kappa shape index (κ2) is 9.29. The molecule has 0 saturated heterocycles. The monoisotopic (exact) mass is 240 g/mol. The topological polar surface area (TPSA) is 27.7 Å². The summed E-state index contributed by atoms with van der Waals surface area (Å²) in [6.07, 6.45) is 6.74. The Labute approximate surface area is 99.1 Å². The summed E-state index contributed by atoms with van der Waals surface area (Å²) in [5, 5.41) is 0. The molecule has 0 atom stereocenters. The summed E-state index contributed by atoms with van der Waals surface area (Å²) < 4.78 is 16.9. The molecule has 90 valence electrons. The van der Waals surface area contributed by atoms with Crippen molar-refractivity contribution in [3.8, 4) is 0 Å². The molecular weight excluding hydrogens is 220 g/mol. The van der Waals surface area contributed by atoms with E-state index in [0.717, 1.165) is 0 Å². The number of rotatable bonds is 11. The lowest BCUT2D eigenvalue weighted by molar-refractivity contribution is 0.0892. The molecule has 0 fully saturated rings. The minimum Gasteiger partial charge on any atom is -0.369 e. The summed E-state index contributed by atoms with van der Waals surface area (Å²) in [5.74, 6) is 0. The highest BCUT2D eigenvalue weighted by Crippen LogP contribution is 2.16. The molecule has 0 N–H and O–H groups in total. The van der Waals surface area contributed by atoms with E-state index in [4.69, 9.17) is 13.3 Å². The average Bonchev–Trinajstić information content (AvgIpc) is 2.31. The molecule has 0 heterocycles. The molecule has 0 aliphatic heterocycles. The van der Waals surface area contributed by atoms with Crippen LogP contribution in [-0.4, -0.2) is 28.6 Å². The van der Waals surface area contributed by atoms with E-state index in [1.54, 1.807) is 24.3 Å². The molecule has 0 radical (unpaired) electrons. The predicted octanol–water partition coefficient (Wildman–Crippen LogP) is 2.72. The molecule has 0 unspecified atom stereocenters. The molecule has 0 aromatic heterocycles. The van der Waals surface area contributed by atoms with Crippen molar-refractivity contribution in [1.82, 2.24) is 0 Å². The molecule has 0 aliphatic carbocycles. The van der Waals surface area contributed by atoms with Crippen molar-refractivity contribution in [2.45, 2.75) is 6.04 Å². The second-order valence-corrected chi connectivity index (χ2v) is 5.62. The Kier molecular flexibility index (Phi) is 8.75. The molecule has 0 aromatic rings. The minimum absolute atomic E-state index is 0.397. The van der Waals surface area contributed by atoms with E-state index in [0.29, 0.717) is 25.9 Å². The fourth-order valence-corrected chi connectivity index (χ4v) is 3.11. The molecule has 3 nitrogen and oxygen atoms in total. The van der Waals surface area contributed by atoms with Gasteiger partial charge in [-0.1, -0.05) is 24.3 Å². The molecule has 16 heavy (non-hydrogen) atoms. The fourth-order valence-electron chi connectivity index (χ4n) is 1.04. The van der Waals surface area contributed by atoms with Gasteiger partial charge in [0.25, 0.3) is 0 Å².